The molecule has 0 unspecified atom stereocenters. The van der Waals surface area contributed by atoms with E-state index in [2.05, 4.69) is 5.32 Å². The third-order valence-electron chi connectivity index (χ3n) is 7.60. The zero-order valence-electron chi connectivity index (χ0n) is 20.6. The Hall–Kier alpha value is -2.38. The summed E-state index contributed by atoms with van der Waals surface area (Å²) in [5, 5.41) is 3.87. The molecule has 1 saturated carbocycles. The van der Waals surface area contributed by atoms with Gasteiger partial charge in [0.15, 0.2) is 0 Å². The monoisotopic (exact) mass is 533 g/mol. The lowest BCUT2D eigenvalue weighted by Gasteiger charge is -2.31. The minimum Gasteiger partial charge on any atom is -0.352 e. The van der Waals surface area contributed by atoms with Crippen LogP contribution in [0.5, 0.6) is 0 Å². The van der Waals surface area contributed by atoms with Crippen molar-refractivity contribution in [2.45, 2.75) is 76.9 Å². The first-order valence-electron chi connectivity index (χ1n) is 12.8. The molecular formula is C27H33Cl2N3O4. The van der Waals surface area contributed by atoms with Gasteiger partial charge in [-0.15, -0.1) is 0 Å². The average molecular weight is 534 g/mol. The maximum Gasteiger partial charge on any atom is 0.242 e. The number of allylic oxidation sites excluding steroid dienone is 2. The lowest BCUT2D eigenvalue weighted by molar-refractivity contribution is -0.144. The molecule has 0 radical (unpaired) electrons. The largest absolute Gasteiger partial charge is 0.352 e. The zero-order valence-corrected chi connectivity index (χ0v) is 22.1. The summed E-state index contributed by atoms with van der Waals surface area (Å²) >= 11 is 12.2. The number of hydrogen-bond acceptors (Lipinski definition) is 4. The van der Waals surface area contributed by atoms with Crippen molar-refractivity contribution in [1.29, 1.82) is 0 Å². The maximum atomic E-state index is 13.4. The SMILES string of the molecule is C[C@@H](C(=O)NC1CCCCC1)N(Cc1ccc(Cl)c(Cl)c1)C(=O)CCN1C(=O)[C@H]2CC=CC[C@H]2C1=O. The molecule has 1 N–H and O–H groups in total. The Morgan fingerprint density at radius 1 is 1.03 bits per heavy atom. The van der Waals surface area contributed by atoms with Crippen LogP contribution in [0.25, 0.3) is 0 Å². The molecule has 1 aliphatic heterocycles. The van der Waals surface area contributed by atoms with Gasteiger partial charge in [-0.05, 0) is 50.3 Å². The van der Waals surface area contributed by atoms with E-state index >= 15 is 0 Å². The molecule has 2 fully saturated rings. The van der Waals surface area contributed by atoms with E-state index < -0.39 is 6.04 Å². The van der Waals surface area contributed by atoms with Gasteiger partial charge < -0.3 is 10.2 Å². The highest BCUT2D eigenvalue weighted by Gasteiger charge is 2.47. The molecule has 1 aromatic rings. The Morgan fingerprint density at radius 2 is 1.67 bits per heavy atom. The number of likely N-dealkylation sites (tertiary alicyclic amines) is 1. The summed E-state index contributed by atoms with van der Waals surface area (Å²) < 4.78 is 0. The Balaban J connectivity index is 1.46. The van der Waals surface area contributed by atoms with E-state index in [0.717, 1.165) is 31.2 Å². The van der Waals surface area contributed by atoms with Gasteiger partial charge in [0.1, 0.15) is 6.04 Å². The van der Waals surface area contributed by atoms with Crippen molar-refractivity contribution in [2.24, 2.45) is 11.8 Å². The van der Waals surface area contributed by atoms with Crippen molar-refractivity contribution < 1.29 is 19.2 Å². The molecule has 3 atom stereocenters. The van der Waals surface area contributed by atoms with Crippen molar-refractivity contribution in [1.82, 2.24) is 15.1 Å². The molecule has 4 rings (SSSR count). The highest BCUT2D eigenvalue weighted by molar-refractivity contribution is 6.42. The van der Waals surface area contributed by atoms with Gasteiger partial charge in [0, 0.05) is 25.6 Å². The van der Waals surface area contributed by atoms with Crippen LogP contribution in [0.1, 0.15) is 63.9 Å². The fourth-order valence-corrected chi connectivity index (χ4v) is 5.75. The number of benzene rings is 1. The minimum absolute atomic E-state index is 0.0122. The van der Waals surface area contributed by atoms with Gasteiger partial charge in [0.25, 0.3) is 0 Å². The standard InChI is InChI=1S/C27H33Cl2N3O4/c1-17(25(34)30-19-7-3-2-4-8-19)32(16-18-11-12-22(28)23(29)15-18)24(33)13-14-31-26(35)20-9-5-6-10-21(20)27(31)36/h5-6,11-12,15,17,19-21H,2-4,7-10,13-14,16H2,1H3,(H,30,34)/t17-,20-,21+/m0/s1. The van der Waals surface area contributed by atoms with Crippen molar-refractivity contribution in [2.75, 3.05) is 6.54 Å². The first kappa shape index (κ1) is 26.7. The van der Waals surface area contributed by atoms with Gasteiger partial charge in [-0.2, -0.15) is 0 Å². The summed E-state index contributed by atoms with van der Waals surface area (Å²) in [4.78, 5) is 54.9. The Labute approximate surface area is 222 Å². The summed E-state index contributed by atoms with van der Waals surface area (Å²) in [5.74, 6) is -1.58. The summed E-state index contributed by atoms with van der Waals surface area (Å²) in [6.07, 6.45) is 10.2. The fourth-order valence-electron chi connectivity index (χ4n) is 5.43. The molecule has 1 aromatic carbocycles. The summed E-state index contributed by atoms with van der Waals surface area (Å²) in [6.45, 7) is 1.88. The van der Waals surface area contributed by atoms with Crippen LogP contribution in [0.4, 0.5) is 0 Å². The topological polar surface area (TPSA) is 86.8 Å². The number of halogens is 2. The molecule has 0 bridgehead atoms. The van der Waals surface area contributed by atoms with Crippen molar-refractivity contribution in [3.8, 4) is 0 Å². The van der Waals surface area contributed by atoms with Crippen LogP contribution in [0.3, 0.4) is 0 Å². The highest BCUT2D eigenvalue weighted by Crippen LogP contribution is 2.35. The molecule has 1 heterocycles. The Morgan fingerprint density at radius 3 is 2.28 bits per heavy atom. The minimum atomic E-state index is -0.731. The summed E-state index contributed by atoms with van der Waals surface area (Å²) in [5.41, 5.74) is 0.737. The van der Waals surface area contributed by atoms with E-state index in [1.165, 1.54) is 16.2 Å². The van der Waals surface area contributed by atoms with E-state index in [0.29, 0.717) is 22.9 Å². The Bertz CT molecular complexity index is 1030. The van der Waals surface area contributed by atoms with Gasteiger partial charge in [0.05, 0.1) is 21.9 Å². The van der Waals surface area contributed by atoms with Crippen LogP contribution >= 0.6 is 23.2 Å². The molecule has 3 aliphatic rings. The fraction of sp³-hybridized carbons (Fsp3) is 0.556. The van der Waals surface area contributed by atoms with Crippen LogP contribution in [-0.2, 0) is 25.7 Å². The van der Waals surface area contributed by atoms with Crippen molar-refractivity contribution >= 4 is 46.8 Å². The van der Waals surface area contributed by atoms with Crippen LogP contribution in [0.15, 0.2) is 30.4 Å². The number of nitrogens with one attached hydrogen (secondary N) is 1. The second-order valence-corrected chi connectivity index (χ2v) is 10.8. The summed E-state index contributed by atoms with van der Waals surface area (Å²) in [7, 11) is 0. The number of hydrogen-bond donors (Lipinski definition) is 1. The predicted molar refractivity (Wildman–Crippen MR) is 138 cm³/mol. The second kappa shape index (κ2) is 11.8. The second-order valence-electron chi connectivity index (χ2n) is 10.0. The van der Waals surface area contributed by atoms with Gasteiger partial charge in [-0.3, -0.25) is 24.1 Å². The molecular weight excluding hydrogens is 501 g/mol. The normalized spacial score (nSPS) is 22.9. The molecule has 0 aromatic heterocycles. The zero-order chi connectivity index (χ0) is 25.8. The number of nitrogens with zero attached hydrogens (tertiary/aromatic N) is 2. The quantitative estimate of drug-likeness (QED) is 0.393. The molecule has 9 heteroatoms. The van der Waals surface area contributed by atoms with Gasteiger partial charge >= 0.3 is 0 Å². The Kier molecular flexibility index (Phi) is 8.73. The lowest BCUT2D eigenvalue weighted by Crippen LogP contribution is -2.51. The maximum absolute atomic E-state index is 13.4. The van der Waals surface area contributed by atoms with Crippen LogP contribution in [0, 0.1) is 11.8 Å². The molecule has 2 aliphatic carbocycles. The number of imide groups is 1. The van der Waals surface area contributed by atoms with Crippen LogP contribution in [-0.4, -0.2) is 52.1 Å². The van der Waals surface area contributed by atoms with Crippen LogP contribution < -0.4 is 5.32 Å². The van der Waals surface area contributed by atoms with Gasteiger partial charge in [-0.1, -0.05) is 60.7 Å². The van der Waals surface area contributed by atoms with Crippen LogP contribution in [0.2, 0.25) is 10.0 Å². The predicted octanol–water partition coefficient (Wildman–Crippen LogP) is 4.50. The molecule has 1 saturated heterocycles. The van der Waals surface area contributed by atoms with E-state index in [4.69, 9.17) is 23.2 Å². The van der Waals surface area contributed by atoms with Crippen molar-refractivity contribution in [3.63, 3.8) is 0 Å². The molecule has 36 heavy (non-hydrogen) atoms. The van der Waals surface area contributed by atoms with E-state index in [1.807, 2.05) is 12.2 Å². The first-order valence-corrected chi connectivity index (χ1v) is 13.6. The summed E-state index contributed by atoms with van der Waals surface area (Å²) in [6, 6.07) is 4.50. The first-order chi connectivity index (χ1) is 17.3. The average Bonchev–Trinajstić information content (AvgIpc) is 3.12. The van der Waals surface area contributed by atoms with E-state index in [-0.39, 0.29) is 61.0 Å². The van der Waals surface area contributed by atoms with E-state index in [1.54, 1.807) is 25.1 Å². The van der Waals surface area contributed by atoms with Gasteiger partial charge in [-0.25, -0.2) is 0 Å². The number of carbonyl (C=O) groups excluding carboxylic acids is 4. The molecule has 194 valence electrons. The van der Waals surface area contributed by atoms with E-state index in [9.17, 15) is 19.2 Å². The number of amides is 4. The van der Waals surface area contributed by atoms with Gasteiger partial charge in [0.2, 0.25) is 23.6 Å². The lowest BCUT2D eigenvalue weighted by atomic mass is 9.85. The smallest absolute Gasteiger partial charge is 0.242 e. The third kappa shape index (κ3) is 5.94. The highest BCUT2D eigenvalue weighted by atomic mass is 35.5. The molecule has 4 amide bonds. The third-order valence-corrected chi connectivity index (χ3v) is 8.34. The number of fused-ring (bicyclic) bond motifs is 1. The molecule has 0 spiro atoms. The van der Waals surface area contributed by atoms with Crippen molar-refractivity contribution in [3.05, 3.63) is 46.0 Å². The molecule has 7 nitrogen and oxygen atoms in total. The number of rotatable bonds is 8. The number of carbonyl (C=O) groups is 4.